The average Bonchev–Trinajstić information content (AvgIpc) is 2.70. The molecule has 1 unspecified atom stereocenters. The van der Waals surface area contributed by atoms with Crippen molar-refractivity contribution in [1.29, 1.82) is 0 Å². The average molecular weight is 388 g/mol. The van der Waals surface area contributed by atoms with Gasteiger partial charge in [0.25, 0.3) is 11.8 Å². The van der Waals surface area contributed by atoms with Gasteiger partial charge in [-0.15, -0.1) is 0 Å². The Kier molecular flexibility index (Phi) is 7.08. The summed E-state index contributed by atoms with van der Waals surface area (Å²) >= 11 is 0. The number of benzene rings is 2. The van der Waals surface area contributed by atoms with Crippen molar-refractivity contribution in [3.8, 4) is 23.0 Å². The van der Waals surface area contributed by atoms with Crippen LogP contribution in [0.1, 0.15) is 22.8 Å². The van der Waals surface area contributed by atoms with Crippen molar-refractivity contribution in [3.05, 3.63) is 47.5 Å². The molecule has 2 amide bonds. The number of hydrogen-bond donors (Lipinski definition) is 2. The minimum atomic E-state index is -0.804. The number of carbonyl (C=O) groups is 2. The van der Waals surface area contributed by atoms with Gasteiger partial charge in [0.2, 0.25) is 5.75 Å². The van der Waals surface area contributed by atoms with Gasteiger partial charge in [0.1, 0.15) is 5.75 Å². The highest BCUT2D eigenvalue weighted by Gasteiger charge is 2.19. The topological polar surface area (TPSA) is 95.1 Å². The fourth-order valence-corrected chi connectivity index (χ4v) is 2.45. The Balaban J connectivity index is 2.02. The van der Waals surface area contributed by atoms with Crippen molar-refractivity contribution in [3.63, 3.8) is 0 Å². The molecule has 0 aliphatic carbocycles. The smallest absolute Gasteiger partial charge is 0.279 e. The number of aryl methyl sites for hydroxylation is 1. The van der Waals surface area contributed by atoms with Gasteiger partial charge in [-0.05, 0) is 43.7 Å². The highest BCUT2D eigenvalue weighted by atomic mass is 16.5. The van der Waals surface area contributed by atoms with Crippen LogP contribution in [0.15, 0.2) is 36.4 Å². The van der Waals surface area contributed by atoms with Gasteiger partial charge in [-0.2, -0.15) is 0 Å². The normalized spacial score (nSPS) is 11.2. The standard InChI is InChI=1S/C20H24N2O6/c1-12-7-6-8-15(9-12)28-13(2)19(23)21-22-20(24)14-10-16(25-3)18(27-5)17(11-14)26-4/h6-11,13H,1-5H3,(H,21,23)(H,22,24). The Morgan fingerprint density at radius 1 is 0.929 bits per heavy atom. The first-order valence-electron chi connectivity index (χ1n) is 8.53. The third-order valence-corrected chi connectivity index (χ3v) is 3.90. The monoisotopic (exact) mass is 388 g/mol. The number of hydrazine groups is 1. The van der Waals surface area contributed by atoms with Gasteiger partial charge in [-0.3, -0.25) is 20.4 Å². The summed E-state index contributed by atoms with van der Waals surface area (Å²) in [6.45, 7) is 3.51. The molecule has 0 radical (unpaired) electrons. The maximum absolute atomic E-state index is 12.4. The van der Waals surface area contributed by atoms with E-state index in [2.05, 4.69) is 10.9 Å². The zero-order chi connectivity index (χ0) is 20.7. The molecule has 0 fully saturated rings. The largest absolute Gasteiger partial charge is 0.493 e. The van der Waals surface area contributed by atoms with E-state index in [0.29, 0.717) is 23.0 Å². The van der Waals surface area contributed by atoms with E-state index < -0.39 is 17.9 Å². The zero-order valence-electron chi connectivity index (χ0n) is 16.5. The second-order valence-corrected chi connectivity index (χ2v) is 5.93. The second kappa shape index (κ2) is 9.50. The van der Waals surface area contributed by atoms with E-state index >= 15 is 0 Å². The van der Waals surface area contributed by atoms with Crippen LogP contribution in [0.25, 0.3) is 0 Å². The molecule has 150 valence electrons. The molecule has 2 N–H and O–H groups in total. The predicted molar refractivity (Wildman–Crippen MR) is 103 cm³/mol. The Morgan fingerprint density at radius 2 is 1.57 bits per heavy atom. The van der Waals surface area contributed by atoms with Crippen molar-refractivity contribution < 1.29 is 28.5 Å². The highest BCUT2D eigenvalue weighted by molar-refractivity contribution is 5.97. The lowest BCUT2D eigenvalue weighted by atomic mass is 10.1. The summed E-state index contributed by atoms with van der Waals surface area (Å²) < 4.78 is 21.2. The molecule has 28 heavy (non-hydrogen) atoms. The predicted octanol–water partition coefficient (Wildman–Crippen LogP) is 2.25. The molecule has 8 nitrogen and oxygen atoms in total. The number of hydrogen-bond acceptors (Lipinski definition) is 6. The van der Waals surface area contributed by atoms with Crippen LogP contribution in [0.4, 0.5) is 0 Å². The van der Waals surface area contributed by atoms with Crippen molar-refractivity contribution in [2.45, 2.75) is 20.0 Å². The quantitative estimate of drug-likeness (QED) is 0.707. The lowest BCUT2D eigenvalue weighted by Gasteiger charge is -2.16. The van der Waals surface area contributed by atoms with Crippen LogP contribution in [0.2, 0.25) is 0 Å². The summed E-state index contributed by atoms with van der Waals surface area (Å²) in [4.78, 5) is 24.6. The maximum Gasteiger partial charge on any atom is 0.279 e. The summed E-state index contributed by atoms with van der Waals surface area (Å²) in [6.07, 6.45) is -0.804. The molecule has 0 bridgehead atoms. The van der Waals surface area contributed by atoms with Crippen LogP contribution < -0.4 is 29.8 Å². The van der Waals surface area contributed by atoms with E-state index in [1.165, 1.54) is 33.5 Å². The first-order chi connectivity index (χ1) is 13.4. The molecule has 0 aromatic heterocycles. The zero-order valence-corrected chi connectivity index (χ0v) is 16.5. The Labute approximate surface area is 163 Å². The van der Waals surface area contributed by atoms with Gasteiger partial charge in [-0.1, -0.05) is 12.1 Å². The second-order valence-electron chi connectivity index (χ2n) is 5.93. The number of rotatable bonds is 7. The van der Waals surface area contributed by atoms with Gasteiger partial charge in [0, 0.05) is 5.56 Å². The summed E-state index contributed by atoms with van der Waals surface area (Å²) in [5.41, 5.74) is 5.93. The van der Waals surface area contributed by atoms with Crippen molar-refractivity contribution >= 4 is 11.8 Å². The minimum Gasteiger partial charge on any atom is -0.493 e. The van der Waals surface area contributed by atoms with E-state index in [1.54, 1.807) is 13.0 Å². The first-order valence-corrected chi connectivity index (χ1v) is 8.53. The molecule has 0 spiro atoms. The molecule has 0 aliphatic rings. The molecule has 0 aliphatic heterocycles. The Hall–Kier alpha value is -3.42. The van der Waals surface area contributed by atoms with Crippen molar-refractivity contribution in [2.24, 2.45) is 0 Å². The number of ether oxygens (including phenoxy) is 4. The van der Waals surface area contributed by atoms with Crippen LogP contribution in [0.3, 0.4) is 0 Å². The lowest BCUT2D eigenvalue weighted by molar-refractivity contribution is -0.128. The molecule has 2 rings (SSSR count). The molecule has 0 saturated carbocycles. The van der Waals surface area contributed by atoms with E-state index in [-0.39, 0.29) is 5.56 Å². The third-order valence-electron chi connectivity index (χ3n) is 3.90. The van der Waals surface area contributed by atoms with E-state index in [0.717, 1.165) is 5.56 Å². The molecule has 0 heterocycles. The fraction of sp³-hybridized carbons (Fsp3) is 0.300. The molecular formula is C20H24N2O6. The minimum absolute atomic E-state index is 0.224. The summed E-state index contributed by atoms with van der Waals surface area (Å²) in [6, 6.07) is 10.3. The number of carbonyl (C=O) groups excluding carboxylic acids is 2. The molecule has 0 saturated heterocycles. The van der Waals surface area contributed by atoms with Gasteiger partial charge in [-0.25, -0.2) is 0 Å². The highest BCUT2D eigenvalue weighted by Crippen LogP contribution is 2.38. The van der Waals surface area contributed by atoms with Crippen LogP contribution >= 0.6 is 0 Å². The van der Waals surface area contributed by atoms with E-state index in [1.807, 2.05) is 25.1 Å². The number of amides is 2. The van der Waals surface area contributed by atoms with Crippen LogP contribution in [-0.2, 0) is 4.79 Å². The Morgan fingerprint density at radius 3 is 2.11 bits per heavy atom. The van der Waals surface area contributed by atoms with Crippen molar-refractivity contribution in [1.82, 2.24) is 10.9 Å². The third kappa shape index (κ3) is 5.06. The molecule has 8 heteroatoms. The number of nitrogens with one attached hydrogen (secondary N) is 2. The maximum atomic E-state index is 12.4. The molecule has 2 aromatic carbocycles. The van der Waals surface area contributed by atoms with Crippen LogP contribution in [-0.4, -0.2) is 39.2 Å². The Bertz CT molecular complexity index is 827. The first kappa shape index (κ1) is 20.9. The van der Waals surface area contributed by atoms with Crippen LogP contribution in [0, 0.1) is 6.92 Å². The number of methoxy groups -OCH3 is 3. The SMILES string of the molecule is COc1cc(C(=O)NNC(=O)C(C)Oc2cccc(C)c2)cc(OC)c1OC. The summed E-state index contributed by atoms with van der Waals surface area (Å²) in [5.74, 6) is 0.547. The van der Waals surface area contributed by atoms with Gasteiger partial charge in [0.05, 0.1) is 21.3 Å². The fourth-order valence-electron chi connectivity index (χ4n) is 2.45. The van der Waals surface area contributed by atoms with E-state index in [4.69, 9.17) is 18.9 Å². The molecule has 2 aromatic rings. The van der Waals surface area contributed by atoms with Gasteiger partial charge in [0.15, 0.2) is 17.6 Å². The molecule has 1 atom stereocenters. The molecular weight excluding hydrogens is 364 g/mol. The van der Waals surface area contributed by atoms with E-state index in [9.17, 15) is 9.59 Å². The summed E-state index contributed by atoms with van der Waals surface area (Å²) in [7, 11) is 4.37. The summed E-state index contributed by atoms with van der Waals surface area (Å²) in [5, 5.41) is 0. The van der Waals surface area contributed by atoms with Crippen LogP contribution in [0.5, 0.6) is 23.0 Å². The van der Waals surface area contributed by atoms with Gasteiger partial charge >= 0.3 is 0 Å². The van der Waals surface area contributed by atoms with Crippen molar-refractivity contribution in [2.75, 3.05) is 21.3 Å². The lowest BCUT2D eigenvalue weighted by Crippen LogP contribution is -2.47. The van der Waals surface area contributed by atoms with Gasteiger partial charge < -0.3 is 18.9 Å².